The van der Waals surface area contributed by atoms with E-state index >= 15 is 0 Å². The van der Waals surface area contributed by atoms with Gasteiger partial charge in [0.1, 0.15) is 5.76 Å². The maximum atomic E-state index is 12.9. The first kappa shape index (κ1) is 17.3. The largest absolute Gasteiger partial charge is 0.385 e. The standard InChI is InChI=1S/C21H26N2O3/c1-15-13-17(26-22-15)14-20(24)23-12-11-21(25,16-7-3-2-4-8-16)18-9-5-6-10-19(18)23/h2-4,7-8,13,18-19,25H,5-6,9-12,14H2,1H3/t18-,19-,21+/m1/s1. The molecule has 2 aromatic rings. The van der Waals surface area contributed by atoms with Crippen molar-refractivity contribution >= 4 is 5.91 Å². The van der Waals surface area contributed by atoms with E-state index in [2.05, 4.69) is 5.16 Å². The predicted octanol–water partition coefficient (Wildman–Crippen LogP) is 3.20. The number of aliphatic hydroxyl groups is 1. The summed E-state index contributed by atoms with van der Waals surface area (Å²) in [6.07, 6.45) is 4.96. The molecule has 26 heavy (non-hydrogen) atoms. The van der Waals surface area contributed by atoms with E-state index in [1.165, 1.54) is 0 Å². The van der Waals surface area contributed by atoms with E-state index < -0.39 is 5.60 Å². The molecule has 0 radical (unpaired) electrons. The van der Waals surface area contributed by atoms with Crippen LogP contribution < -0.4 is 0 Å². The molecule has 1 aliphatic carbocycles. The smallest absolute Gasteiger partial charge is 0.230 e. The molecule has 1 aromatic heterocycles. The fourth-order valence-electron chi connectivity index (χ4n) is 4.83. The van der Waals surface area contributed by atoms with Crippen LogP contribution in [0.3, 0.4) is 0 Å². The number of amides is 1. The Morgan fingerprint density at radius 2 is 2.08 bits per heavy atom. The molecular weight excluding hydrogens is 328 g/mol. The van der Waals surface area contributed by atoms with Gasteiger partial charge in [-0.05, 0) is 31.7 Å². The summed E-state index contributed by atoms with van der Waals surface area (Å²) < 4.78 is 5.23. The lowest BCUT2D eigenvalue weighted by molar-refractivity contribution is -0.154. The van der Waals surface area contributed by atoms with Crippen LogP contribution in [0.15, 0.2) is 40.9 Å². The first-order valence-corrected chi connectivity index (χ1v) is 9.57. The Balaban J connectivity index is 1.57. The van der Waals surface area contributed by atoms with Gasteiger partial charge in [0.15, 0.2) is 0 Å². The zero-order chi connectivity index (χ0) is 18.1. The summed E-state index contributed by atoms with van der Waals surface area (Å²) in [6.45, 7) is 2.44. The van der Waals surface area contributed by atoms with Crippen LogP contribution in [-0.4, -0.2) is 33.7 Å². The van der Waals surface area contributed by atoms with Crippen LogP contribution in [0.1, 0.15) is 49.1 Å². The zero-order valence-electron chi connectivity index (χ0n) is 15.2. The van der Waals surface area contributed by atoms with E-state index in [0.717, 1.165) is 36.9 Å². The number of carbonyl (C=O) groups excluding carboxylic acids is 1. The van der Waals surface area contributed by atoms with Crippen molar-refractivity contribution in [2.75, 3.05) is 6.54 Å². The topological polar surface area (TPSA) is 66.6 Å². The molecule has 1 amide bonds. The summed E-state index contributed by atoms with van der Waals surface area (Å²) in [7, 11) is 0. The number of rotatable bonds is 3. The molecule has 4 rings (SSSR count). The Morgan fingerprint density at radius 3 is 2.81 bits per heavy atom. The van der Waals surface area contributed by atoms with E-state index in [0.29, 0.717) is 18.7 Å². The van der Waals surface area contributed by atoms with Gasteiger partial charge < -0.3 is 14.5 Å². The minimum atomic E-state index is -0.841. The van der Waals surface area contributed by atoms with E-state index in [-0.39, 0.29) is 24.3 Å². The lowest BCUT2D eigenvalue weighted by atomic mass is 9.66. The number of benzene rings is 1. The van der Waals surface area contributed by atoms with Gasteiger partial charge in [0.05, 0.1) is 17.7 Å². The lowest BCUT2D eigenvalue weighted by Crippen LogP contribution is -2.59. The number of carbonyl (C=O) groups is 1. The first-order valence-electron chi connectivity index (χ1n) is 9.57. The van der Waals surface area contributed by atoms with Gasteiger partial charge >= 0.3 is 0 Å². The molecule has 2 fully saturated rings. The molecule has 1 aromatic carbocycles. The van der Waals surface area contributed by atoms with Crippen molar-refractivity contribution in [1.29, 1.82) is 0 Å². The van der Waals surface area contributed by atoms with Gasteiger partial charge in [-0.3, -0.25) is 4.79 Å². The van der Waals surface area contributed by atoms with Gasteiger partial charge in [0, 0.05) is 24.6 Å². The summed E-state index contributed by atoms with van der Waals surface area (Å²) in [5, 5.41) is 15.4. The molecule has 2 aliphatic rings. The number of hydrogen-bond acceptors (Lipinski definition) is 4. The predicted molar refractivity (Wildman–Crippen MR) is 97.4 cm³/mol. The van der Waals surface area contributed by atoms with Crippen LogP contribution in [0, 0.1) is 12.8 Å². The van der Waals surface area contributed by atoms with Crippen LogP contribution in [0.25, 0.3) is 0 Å². The van der Waals surface area contributed by atoms with E-state index in [4.69, 9.17) is 4.52 Å². The maximum Gasteiger partial charge on any atom is 0.230 e. The number of hydrogen-bond donors (Lipinski definition) is 1. The highest BCUT2D eigenvalue weighted by atomic mass is 16.5. The van der Waals surface area contributed by atoms with Crippen molar-refractivity contribution in [3.8, 4) is 0 Å². The Kier molecular flexibility index (Phi) is 4.57. The van der Waals surface area contributed by atoms with Crippen molar-refractivity contribution in [2.24, 2.45) is 5.92 Å². The average Bonchev–Trinajstić information content (AvgIpc) is 3.07. The summed E-state index contributed by atoms with van der Waals surface area (Å²) in [5.41, 5.74) is 0.932. The molecule has 3 atom stereocenters. The molecule has 0 spiro atoms. The van der Waals surface area contributed by atoms with Gasteiger partial charge in [0.2, 0.25) is 5.91 Å². The Labute approximate surface area is 154 Å². The van der Waals surface area contributed by atoms with Crippen LogP contribution in [0.5, 0.6) is 0 Å². The molecule has 5 nitrogen and oxygen atoms in total. The number of likely N-dealkylation sites (tertiary alicyclic amines) is 1. The van der Waals surface area contributed by atoms with Crippen LogP contribution >= 0.6 is 0 Å². The van der Waals surface area contributed by atoms with E-state index in [1.807, 2.05) is 48.2 Å². The number of aryl methyl sites for hydroxylation is 1. The minimum Gasteiger partial charge on any atom is -0.385 e. The molecular formula is C21H26N2O3. The Hall–Kier alpha value is -2.14. The van der Waals surface area contributed by atoms with Crippen molar-refractivity contribution in [2.45, 2.75) is 57.1 Å². The van der Waals surface area contributed by atoms with E-state index in [1.54, 1.807) is 0 Å². The molecule has 5 heteroatoms. The first-order chi connectivity index (χ1) is 12.6. The fourth-order valence-corrected chi connectivity index (χ4v) is 4.83. The van der Waals surface area contributed by atoms with Crippen LogP contribution in [-0.2, 0) is 16.8 Å². The molecule has 0 bridgehead atoms. The molecule has 2 heterocycles. The van der Waals surface area contributed by atoms with Gasteiger partial charge in [-0.1, -0.05) is 48.3 Å². The SMILES string of the molecule is Cc1cc(CC(=O)N2CC[C@](O)(c3ccccc3)[C@@H]3CCCC[C@H]32)on1. The number of nitrogens with zero attached hydrogens (tertiary/aromatic N) is 2. The Bertz CT molecular complexity index is 773. The average molecular weight is 354 g/mol. The third-order valence-corrected chi connectivity index (χ3v) is 6.07. The summed E-state index contributed by atoms with van der Waals surface area (Å²) in [4.78, 5) is 14.9. The summed E-state index contributed by atoms with van der Waals surface area (Å²) >= 11 is 0. The van der Waals surface area contributed by atoms with Crippen molar-refractivity contribution in [3.05, 3.63) is 53.4 Å². The van der Waals surface area contributed by atoms with Gasteiger partial charge in [-0.25, -0.2) is 0 Å². The molecule has 138 valence electrons. The van der Waals surface area contributed by atoms with Crippen LogP contribution in [0.4, 0.5) is 0 Å². The molecule has 1 aliphatic heterocycles. The summed E-state index contributed by atoms with van der Waals surface area (Å²) in [5.74, 6) is 0.782. The van der Waals surface area contributed by atoms with E-state index in [9.17, 15) is 9.90 Å². The second-order valence-corrected chi connectivity index (χ2v) is 7.70. The summed E-state index contributed by atoms with van der Waals surface area (Å²) in [6, 6.07) is 11.9. The number of fused-ring (bicyclic) bond motifs is 1. The third-order valence-electron chi connectivity index (χ3n) is 6.07. The maximum absolute atomic E-state index is 12.9. The fraction of sp³-hybridized carbons (Fsp3) is 0.524. The third kappa shape index (κ3) is 3.05. The van der Waals surface area contributed by atoms with Gasteiger partial charge in [-0.2, -0.15) is 0 Å². The van der Waals surface area contributed by atoms with Crippen LogP contribution in [0.2, 0.25) is 0 Å². The highest BCUT2D eigenvalue weighted by Crippen LogP contribution is 2.47. The molecule has 1 saturated heterocycles. The highest BCUT2D eigenvalue weighted by Gasteiger charge is 2.50. The van der Waals surface area contributed by atoms with Crippen molar-refractivity contribution in [3.63, 3.8) is 0 Å². The van der Waals surface area contributed by atoms with Crippen molar-refractivity contribution in [1.82, 2.24) is 10.1 Å². The zero-order valence-corrected chi connectivity index (χ0v) is 15.2. The monoisotopic (exact) mass is 354 g/mol. The Morgan fingerprint density at radius 1 is 1.31 bits per heavy atom. The second kappa shape index (κ2) is 6.88. The van der Waals surface area contributed by atoms with Crippen molar-refractivity contribution < 1.29 is 14.4 Å². The number of piperidine rings is 1. The second-order valence-electron chi connectivity index (χ2n) is 7.70. The molecule has 0 unspecified atom stereocenters. The normalized spacial score (nSPS) is 28.6. The molecule has 1 N–H and O–H groups in total. The highest BCUT2D eigenvalue weighted by molar-refractivity contribution is 5.78. The van der Waals surface area contributed by atoms with Gasteiger partial charge in [-0.15, -0.1) is 0 Å². The quantitative estimate of drug-likeness (QED) is 0.919. The molecule has 1 saturated carbocycles. The number of aromatic nitrogens is 1. The lowest BCUT2D eigenvalue weighted by Gasteiger charge is -2.52. The minimum absolute atomic E-state index is 0.0770. The van der Waals surface area contributed by atoms with Gasteiger partial charge in [0.25, 0.3) is 0 Å².